The minimum absolute atomic E-state index is 0.620. The SMILES string of the molecule is COc1cc(OC)cc(C2=C3C=CC(=N3)C(c3cc(OC)cc(OC)c3)=C3C=CC(=N3)C(c3cc(OC)cc(OC)c3)=C3C=CC(=N3)C(c3ccc(N)cc3)=C3C=CC2=N3)c1. The molecule has 0 saturated carbocycles. The van der Waals surface area contributed by atoms with E-state index in [1.165, 1.54) is 0 Å². The van der Waals surface area contributed by atoms with Crippen LogP contribution in [0.1, 0.15) is 22.3 Å². The number of nitrogens with two attached hydrogens (primary N) is 1. The van der Waals surface area contributed by atoms with Gasteiger partial charge >= 0.3 is 0 Å². The molecule has 2 N–H and O–H groups in total. The third-order valence-corrected chi connectivity index (χ3v) is 10.7. The van der Waals surface area contributed by atoms with E-state index in [9.17, 15) is 0 Å². The van der Waals surface area contributed by atoms with Gasteiger partial charge in [-0.1, -0.05) is 12.1 Å². The molecule has 4 aromatic rings. The lowest BCUT2D eigenvalue weighted by atomic mass is 9.98. The Morgan fingerprint density at radius 1 is 0.311 bits per heavy atom. The number of aliphatic imine (C=N–C) groups is 4. The fraction of sp³-hybridized carbons (Fsp3) is 0.120. The zero-order chi connectivity index (χ0) is 42.2. The summed E-state index contributed by atoms with van der Waals surface area (Å²) in [5.74, 6) is 3.74. The van der Waals surface area contributed by atoms with Crippen LogP contribution in [0.15, 0.2) is 170 Å². The quantitative estimate of drug-likeness (QED) is 0.158. The number of nitrogen functional groups attached to an aromatic ring is 1. The van der Waals surface area contributed by atoms with Crippen molar-refractivity contribution in [2.24, 2.45) is 20.0 Å². The van der Waals surface area contributed by atoms with Crippen LogP contribution < -0.4 is 34.2 Å². The summed E-state index contributed by atoms with van der Waals surface area (Å²) < 4.78 is 34.5. The Balaban J connectivity index is 1.39. The van der Waals surface area contributed by atoms with E-state index in [4.69, 9.17) is 54.1 Å². The van der Waals surface area contributed by atoms with Gasteiger partial charge in [-0.05, 0) is 119 Å². The summed E-state index contributed by atoms with van der Waals surface area (Å²) in [5, 5.41) is 0. The van der Waals surface area contributed by atoms with Crippen molar-refractivity contribution in [2.45, 2.75) is 0 Å². The van der Waals surface area contributed by atoms with E-state index in [1.807, 2.05) is 127 Å². The average Bonchev–Trinajstić information content (AvgIpc) is 4.15. The number of ether oxygens (including phenoxy) is 6. The summed E-state index contributed by atoms with van der Waals surface area (Å²) >= 11 is 0. The fourth-order valence-electron chi connectivity index (χ4n) is 7.78. The predicted octanol–water partition coefficient (Wildman–Crippen LogP) is 9.32. The number of hydrogen-bond acceptors (Lipinski definition) is 11. The molecule has 0 aliphatic carbocycles. The Hall–Kier alpha value is -7.92. The van der Waals surface area contributed by atoms with Crippen molar-refractivity contribution in [3.05, 3.63) is 173 Å². The molecule has 0 atom stereocenters. The average molecular weight is 808 g/mol. The molecule has 61 heavy (non-hydrogen) atoms. The Morgan fingerprint density at radius 2 is 0.557 bits per heavy atom. The van der Waals surface area contributed by atoms with Crippen LogP contribution >= 0.6 is 0 Å². The minimum Gasteiger partial charge on any atom is -0.497 e. The zero-order valence-corrected chi connectivity index (χ0v) is 34.4. The van der Waals surface area contributed by atoms with Crippen molar-refractivity contribution in [3.8, 4) is 34.5 Å². The van der Waals surface area contributed by atoms with E-state index in [-0.39, 0.29) is 0 Å². The van der Waals surface area contributed by atoms with Gasteiger partial charge in [-0.3, -0.25) is 0 Å². The van der Waals surface area contributed by atoms with E-state index < -0.39 is 0 Å². The van der Waals surface area contributed by atoms with Gasteiger partial charge in [0.15, 0.2) is 0 Å². The van der Waals surface area contributed by atoms with E-state index in [2.05, 4.69) is 0 Å². The van der Waals surface area contributed by atoms with Crippen molar-refractivity contribution < 1.29 is 28.4 Å². The maximum Gasteiger partial charge on any atom is 0.123 e. The van der Waals surface area contributed by atoms with Gasteiger partial charge in [-0.2, -0.15) is 0 Å². The Bertz CT molecular complexity index is 2790. The molecule has 0 amide bonds. The molecular weight excluding hydrogens is 767 g/mol. The molecule has 11 nitrogen and oxygen atoms in total. The highest BCUT2D eigenvalue weighted by atomic mass is 16.5. The number of anilines is 1. The Kier molecular flexibility index (Phi) is 10.1. The van der Waals surface area contributed by atoms with Gasteiger partial charge in [0.2, 0.25) is 0 Å². The van der Waals surface area contributed by atoms with E-state index in [0.717, 1.165) is 44.5 Å². The van der Waals surface area contributed by atoms with Crippen LogP contribution in [0.5, 0.6) is 34.5 Å². The molecule has 11 heteroatoms. The van der Waals surface area contributed by atoms with E-state index >= 15 is 0 Å². The first-order valence-electron chi connectivity index (χ1n) is 19.4. The Morgan fingerprint density at radius 3 is 0.803 bits per heavy atom. The molecule has 0 fully saturated rings. The van der Waals surface area contributed by atoms with Gasteiger partial charge in [0.05, 0.1) is 88.3 Å². The molecule has 0 saturated heterocycles. The minimum atomic E-state index is 0.620. The first-order valence-corrected chi connectivity index (χ1v) is 19.4. The van der Waals surface area contributed by atoms with Gasteiger partial charge in [-0.25, -0.2) is 20.0 Å². The molecule has 302 valence electrons. The van der Waals surface area contributed by atoms with E-state index in [0.29, 0.717) is 85.8 Å². The molecule has 0 spiro atoms. The Labute approximate surface area is 353 Å². The highest BCUT2D eigenvalue weighted by Crippen LogP contribution is 2.41. The van der Waals surface area contributed by atoms with Crippen molar-refractivity contribution in [2.75, 3.05) is 48.4 Å². The van der Waals surface area contributed by atoms with Crippen LogP contribution in [-0.4, -0.2) is 65.5 Å². The molecule has 0 aromatic heterocycles. The molecular formula is C50H41N5O6. The maximum atomic E-state index is 6.20. The second-order valence-corrected chi connectivity index (χ2v) is 14.3. The summed E-state index contributed by atoms with van der Waals surface area (Å²) in [4.78, 5) is 21.5. The standard InChI is InChI=1S/C50H41N5O6/c1-56-33-19-29(20-34(25-33)57-2)48-41-13-11-39(52-41)47(28-7-9-32(51)10-8-28)40-12-14-42(53-40)49(30-21-35(58-3)26-36(22-30)59-4)44-16-18-46(55-44)50(45-17-15-43(48)54-45)31-23-37(60-5)27-38(24-31)61-6/h7-27H,51H2,1-6H3. The highest BCUT2D eigenvalue weighted by Gasteiger charge is 2.29. The second kappa shape index (κ2) is 16.0. The van der Waals surface area contributed by atoms with Crippen molar-refractivity contribution in [1.29, 1.82) is 0 Å². The lowest BCUT2D eigenvalue weighted by Crippen LogP contribution is -2.04. The summed E-state index contributed by atoms with van der Waals surface area (Å²) in [6.07, 6.45) is 16.0. The van der Waals surface area contributed by atoms with Crippen molar-refractivity contribution >= 4 is 50.8 Å². The zero-order valence-electron chi connectivity index (χ0n) is 34.4. The van der Waals surface area contributed by atoms with Gasteiger partial charge in [0, 0.05) is 46.2 Å². The first kappa shape index (κ1) is 38.6. The van der Waals surface area contributed by atoms with Gasteiger partial charge in [-0.15, -0.1) is 0 Å². The number of methoxy groups -OCH3 is 6. The molecule has 5 aliphatic rings. The van der Waals surface area contributed by atoms with Crippen LogP contribution in [0.4, 0.5) is 5.69 Å². The first-order chi connectivity index (χ1) is 29.8. The van der Waals surface area contributed by atoms with Crippen LogP contribution in [0.25, 0.3) is 22.3 Å². The van der Waals surface area contributed by atoms with Gasteiger partial charge in [0.25, 0.3) is 0 Å². The largest absolute Gasteiger partial charge is 0.497 e. The van der Waals surface area contributed by atoms with Gasteiger partial charge < -0.3 is 34.2 Å². The topological polar surface area (TPSA) is 131 Å². The van der Waals surface area contributed by atoms with Gasteiger partial charge in [0.1, 0.15) is 34.5 Å². The molecule has 5 heterocycles. The van der Waals surface area contributed by atoms with Crippen molar-refractivity contribution in [1.82, 2.24) is 0 Å². The molecule has 5 aliphatic heterocycles. The molecule has 0 unspecified atom stereocenters. The molecule has 8 bridgehead atoms. The number of nitrogens with zero attached hydrogens (tertiary/aromatic N) is 4. The number of benzene rings is 4. The summed E-state index contributed by atoms with van der Waals surface area (Å²) in [6, 6.07) is 25.0. The van der Waals surface area contributed by atoms with E-state index in [1.54, 1.807) is 42.7 Å². The third kappa shape index (κ3) is 7.27. The summed E-state index contributed by atoms with van der Waals surface area (Å²) in [7, 11) is 9.79. The maximum absolute atomic E-state index is 6.20. The lowest BCUT2D eigenvalue weighted by Gasteiger charge is -2.15. The van der Waals surface area contributed by atoms with Crippen LogP contribution in [-0.2, 0) is 0 Å². The summed E-state index contributed by atoms with van der Waals surface area (Å²) in [6.45, 7) is 0. The van der Waals surface area contributed by atoms with Crippen LogP contribution in [0.3, 0.4) is 0 Å². The third-order valence-electron chi connectivity index (χ3n) is 10.7. The van der Waals surface area contributed by atoms with Crippen LogP contribution in [0.2, 0.25) is 0 Å². The predicted molar refractivity (Wildman–Crippen MR) is 243 cm³/mol. The number of allylic oxidation sites excluding steroid dienone is 12. The fourth-order valence-corrected chi connectivity index (χ4v) is 7.78. The number of hydrogen-bond donors (Lipinski definition) is 1. The monoisotopic (exact) mass is 807 g/mol. The lowest BCUT2D eigenvalue weighted by molar-refractivity contribution is 0.394. The molecule has 4 aromatic carbocycles. The summed E-state index contributed by atoms with van der Waals surface area (Å²) in [5.41, 5.74) is 18.8. The smallest absolute Gasteiger partial charge is 0.123 e. The van der Waals surface area contributed by atoms with Crippen LogP contribution in [0, 0.1) is 0 Å². The highest BCUT2D eigenvalue weighted by molar-refractivity contribution is 6.39. The number of rotatable bonds is 10. The molecule has 9 rings (SSSR count). The molecule has 0 radical (unpaired) electrons. The normalized spacial score (nSPS) is 16.3. The number of fused-ring (bicyclic) bond motifs is 4. The van der Waals surface area contributed by atoms with Crippen molar-refractivity contribution in [3.63, 3.8) is 0 Å². The second-order valence-electron chi connectivity index (χ2n) is 14.3.